The van der Waals surface area contributed by atoms with Gasteiger partial charge in [-0.1, -0.05) is 6.58 Å². The van der Waals surface area contributed by atoms with Crippen LogP contribution in [0.5, 0.6) is 0 Å². The van der Waals surface area contributed by atoms with Gasteiger partial charge in [0, 0.05) is 5.57 Å². The highest BCUT2D eigenvalue weighted by atomic mass is 32.2. The quantitative estimate of drug-likeness (QED) is 0.274. The third-order valence-electron chi connectivity index (χ3n) is 1.30. The van der Waals surface area contributed by atoms with Crippen LogP contribution in [-0.4, -0.2) is 27.9 Å². The molecule has 0 saturated heterocycles. The van der Waals surface area contributed by atoms with Crippen molar-refractivity contribution in [2.24, 2.45) is 0 Å². The first-order valence-corrected chi connectivity index (χ1v) is 5.09. The summed E-state index contributed by atoms with van der Waals surface area (Å²) in [5.74, 6) is -0.432. The van der Waals surface area contributed by atoms with Crippen LogP contribution in [0.1, 0.15) is 19.8 Å². The molecule has 0 aliphatic carbocycles. The number of carbonyl (C=O) groups is 1. The zero-order valence-electron chi connectivity index (χ0n) is 7.99. The van der Waals surface area contributed by atoms with E-state index in [9.17, 15) is 13.6 Å². The molecular formula is C8H13O5S-. The Bertz CT molecular complexity index is 226. The highest BCUT2D eigenvalue weighted by molar-refractivity contribution is 7.74. The Kier molecular flexibility index (Phi) is 7.27. The Hall–Kier alpha value is -0.720. The van der Waals surface area contributed by atoms with Crippen LogP contribution in [0.2, 0.25) is 0 Å². The first kappa shape index (κ1) is 13.3. The molecule has 0 aliphatic rings. The van der Waals surface area contributed by atoms with E-state index in [1.165, 1.54) is 0 Å². The summed E-state index contributed by atoms with van der Waals surface area (Å²) in [7, 11) is 0. The lowest BCUT2D eigenvalue weighted by Crippen LogP contribution is -2.07. The summed E-state index contributed by atoms with van der Waals surface area (Å²) in [4.78, 5) is 10.8. The summed E-state index contributed by atoms with van der Waals surface area (Å²) in [6.45, 7) is 5.34. The molecule has 0 amide bonds. The molecule has 82 valence electrons. The fourth-order valence-electron chi connectivity index (χ4n) is 0.619. The molecule has 0 bridgehead atoms. The van der Waals surface area contributed by atoms with Gasteiger partial charge in [-0.05, 0) is 19.8 Å². The minimum absolute atomic E-state index is 0.112. The maximum atomic E-state index is 10.8. The minimum atomic E-state index is -2.46. The van der Waals surface area contributed by atoms with Crippen LogP contribution >= 0.6 is 0 Å². The van der Waals surface area contributed by atoms with E-state index in [0.29, 0.717) is 18.4 Å². The number of esters is 1. The van der Waals surface area contributed by atoms with Crippen LogP contribution in [0.25, 0.3) is 0 Å². The van der Waals surface area contributed by atoms with Crippen molar-refractivity contribution >= 4 is 17.3 Å². The lowest BCUT2D eigenvalue weighted by atomic mass is 10.3. The average molecular weight is 221 g/mol. The monoisotopic (exact) mass is 221 g/mol. The molecule has 1 unspecified atom stereocenters. The minimum Gasteiger partial charge on any atom is -0.750 e. The zero-order valence-corrected chi connectivity index (χ0v) is 8.80. The second-order valence-corrected chi connectivity index (χ2v) is 3.29. The summed E-state index contributed by atoms with van der Waals surface area (Å²) in [6.07, 6.45) is 1.09. The molecule has 1 atom stereocenters. The molecular weight excluding hydrogens is 208 g/mol. The number of rotatable bonds is 7. The zero-order chi connectivity index (χ0) is 11.0. The van der Waals surface area contributed by atoms with Gasteiger partial charge in [-0.15, -0.1) is 0 Å². The lowest BCUT2D eigenvalue weighted by molar-refractivity contribution is -0.139. The molecule has 6 heteroatoms. The number of carbonyl (C=O) groups excluding carboxylic acids is 1. The van der Waals surface area contributed by atoms with Crippen molar-refractivity contribution in [3.8, 4) is 0 Å². The Morgan fingerprint density at radius 3 is 2.50 bits per heavy atom. The van der Waals surface area contributed by atoms with Crippen molar-refractivity contribution in [2.45, 2.75) is 19.8 Å². The van der Waals surface area contributed by atoms with Gasteiger partial charge in [-0.3, -0.25) is 0 Å². The molecule has 0 N–H and O–H groups in total. The van der Waals surface area contributed by atoms with Gasteiger partial charge >= 0.3 is 5.97 Å². The SMILES string of the molecule is C=C(C)C(=O)OCCCCOS(=O)[O-]. The van der Waals surface area contributed by atoms with Crippen molar-refractivity contribution in [1.29, 1.82) is 0 Å². The van der Waals surface area contributed by atoms with E-state index in [1.54, 1.807) is 6.92 Å². The molecule has 0 radical (unpaired) electrons. The Morgan fingerprint density at radius 1 is 1.43 bits per heavy atom. The van der Waals surface area contributed by atoms with E-state index in [-0.39, 0.29) is 13.2 Å². The van der Waals surface area contributed by atoms with Crippen molar-refractivity contribution in [3.63, 3.8) is 0 Å². The summed E-state index contributed by atoms with van der Waals surface area (Å²) >= 11 is -2.46. The Balaban J connectivity index is 3.26. The van der Waals surface area contributed by atoms with Crippen LogP contribution in [-0.2, 0) is 25.1 Å². The lowest BCUT2D eigenvalue weighted by Gasteiger charge is -2.06. The molecule has 0 aromatic carbocycles. The summed E-state index contributed by atoms with van der Waals surface area (Å²) in [6, 6.07) is 0. The van der Waals surface area contributed by atoms with Gasteiger partial charge in [-0.25, -0.2) is 9.00 Å². The standard InChI is InChI=1S/C8H14O5S/c1-7(2)8(9)12-5-3-4-6-13-14(10)11/h1,3-6H2,2H3,(H,10,11)/p-1. The maximum Gasteiger partial charge on any atom is 0.333 e. The molecule has 0 aromatic rings. The third kappa shape index (κ3) is 7.90. The molecule has 0 rings (SSSR count). The predicted molar refractivity (Wildman–Crippen MR) is 49.9 cm³/mol. The van der Waals surface area contributed by atoms with E-state index < -0.39 is 17.3 Å². The average Bonchev–Trinajstić information content (AvgIpc) is 2.09. The second kappa shape index (κ2) is 7.66. The van der Waals surface area contributed by atoms with Gasteiger partial charge < -0.3 is 13.5 Å². The summed E-state index contributed by atoms with van der Waals surface area (Å²) in [5.41, 5.74) is 0.349. The van der Waals surface area contributed by atoms with Crippen LogP contribution < -0.4 is 0 Å². The number of hydrogen-bond acceptors (Lipinski definition) is 5. The van der Waals surface area contributed by atoms with Crippen LogP contribution in [0.15, 0.2) is 12.2 Å². The van der Waals surface area contributed by atoms with Crippen LogP contribution in [0.4, 0.5) is 0 Å². The second-order valence-electron chi connectivity index (χ2n) is 2.65. The van der Waals surface area contributed by atoms with Crippen molar-refractivity contribution in [3.05, 3.63) is 12.2 Å². The molecule has 0 fully saturated rings. The highest BCUT2D eigenvalue weighted by Crippen LogP contribution is 1.96. The van der Waals surface area contributed by atoms with Gasteiger partial charge in [0.15, 0.2) is 0 Å². The van der Waals surface area contributed by atoms with Crippen LogP contribution in [0, 0.1) is 0 Å². The number of hydrogen-bond donors (Lipinski definition) is 0. The highest BCUT2D eigenvalue weighted by Gasteiger charge is 2.01. The van der Waals surface area contributed by atoms with E-state index in [2.05, 4.69) is 10.8 Å². The van der Waals surface area contributed by atoms with Gasteiger partial charge in [0.1, 0.15) is 0 Å². The van der Waals surface area contributed by atoms with Crippen molar-refractivity contribution < 1.29 is 22.5 Å². The Morgan fingerprint density at radius 2 is 2.00 bits per heavy atom. The number of unbranched alkanes of at least 4 members (excludes halogenated alkanes) is 1. The van der Waals surface area contributed by atoms with Crippen LogP contribution in [0.3, 0.4) is 0 Å². The fourth-order valence-corrected chi connectivity index (χ4v) is 0.873. The van der Waals surface area contributed by atoms with E-state index in [1.807, 2.05) is 0 Å². The largest absolute Gasteiger partial charge is 0.750 e. The molecule has 0 saturated carbocycles. The number of ether oxygens (including phenoxy) is 1. The first-order chi connectivity index (χ1) is 6.54. The van der Waals surface area contributed by atoms with E-state index in [4.69, 9.17) is 4.74 Å². The predicted octanol–water partition coefficient (Wildman–Crippen LogP) is 0.697. The van der Waals surface area contributed by atoms with Gasteiger partial charge in [-0.2, -0.15) is 0 Å². The molecule has 14 heavy (non-hydrogen) atoms. The summed E-state index contributed by atoms with van der Waals surface area (Å²) < 4.78 is 28.8. The topological polar surface area (TPSA) is 75.7 Å². The maximum absolute atomic E-state index is 10.8. The molecule has 0 heterocycles. The Labute approximate surface area is 85.6 Å². The summed E-state index contributed by atoms with van der Waals surface area (Å²) in [5, 5.41) is 0. The molecule has 5 nitrogen and oxygen atoms in total. The molecule has 0 aliphatic heterocycles. The van der Waals surface area contributed by atoms with Gasteiger partial charge in [0.2, 0.25) is 0 Å². The van der Waals surface area contributed by atoms with Gasteiger partial charge in [0.25, 0.3) is 0 Å². The fraction of sp³-hybridized carbons (Fsp3) is 0.625. The van der Waals surface area contributed by atoms with E-state index in [0.717, 1.165) is 0 Å². The van der Waals surface area contributed by atoms with Crippen molar-refractivity contribution in [1.82, 2.24) is 0 Å². The third-order valence-corrected chi connectivity index (χ3v) is 1.66. The first-order valence-electron chi connectivity index (χ1n) is 4.09. The van der Waals surface area contributed by atoms with Crippen molar-refractivity contribution in [2.75, 3.05) is 13.2 Å². The van der Waals surface area contributed by atoms with Gasteiger partial charge in [0.05, 0.1) is 24.6 Å². The van der Waals surface area contributed by atoms with E-state index >= 15 is 0 Å². The molecule has 0 spiro atoms. The smallest absolute Gasteiger partial charge is 0.333 e. The normalized spacial score (nSPS) is 12.1. The molecule has 0 aromatic heterocycles.